The average molecular weight is 1080 g/mol. The second-order valence-electron chi connectivity index (χ2n) is 20.5. The molecule has 0 saturated carbocycles. The predicted molar refractivity (Wildman–Crippen MR) is 349 cm³/mol. The van der Waals surface area contributed by atoms with Crippen LogP contribution in [0.4, 0.5) is 0 Å². The van der Waals surface area contributed by atoms with Crippen LogP contribution in [0.15, 0.2) is 276 Å². The monoisotopic (exact) mass is 1080 g/mol. The normalized spacial score (nSPS) is 10.6. The maximum absolute atomic E-state index is 5.78. The summed E-state index contributed by atoms with van der Waals surface area (Å²) in [6, 6.07) is 80.3. The third kappa shape index (κ3) is 14.2. The zero-order chi connectivity index (χ0) is 57.5. The molecule has 7 heteroatoms. The van der Waals surface area contributed by atoms with Crippen LogP contribution < -0.4 is 0 Å². The van der Waals surface area contributed by atoms with Crippen molar-refractivity contribution in [3.8, 4) is 0 Å². The molecule has 0 saturated heterocycles. The number of rotatable bonds is 0. The van der Waals surface area contributed by atoms with Gasteiger partial charge in [-0.2, -0.15) is 0 Å². The van der Waals surface area contributed by atoms with Gasteiger partial charge in [0.1, 0.15) is 22.3 Å². The van der Waals surface area contributed by atoms with Crippen LogP contribution >= 0.6 is 0 Å². The fraction of sp³-hybridized carbons (Fsp3) is 0.0921. The van der Waals surface area contributed by atoms with E-state index in [4.69, 9.17) is 8.83 Å². The average Bonchev–Trinajstić information content (AvgIpc) is 4.16. The van der Waals surface area contributed by atoms with Gasteiger partial charge in [0.05, 0.1) is 27.6 Å². The molecule has 0 fully saturated rings. The van der Waals surface area contributed by atoms with E-state index in [1.165, 1.54) is 87.4 Å². The molecule has 16 rings (SSSR count). The Balaban J connectivity index is 0.000000108. The highest BCUT2D eigenvalue weighted by Crippen LogP contribution is 2.31. The van der Waals surface area contributed by atoms with Crippen LogP contribution in [-0.2, 0) is 0 Å². The van der Waals surface area contributed by atoms with Crippen molar-refractivity contribution in [1.29, 1.82) is 0 Å². The van der Waals surface area contributed by atoms with Crippen LogP contribution in [0.1, 0.15) is 38.9 Å². The van der Waals surface area contributed by atoms with Crippen molar-refractivity contribution in [1.82, 2.24) is 24.9 Å². The predicted octanol–water partition coefficient (Wildman–Crippen LogP) is 20.5. The Morgan fingerprint density at radius 3 is 1.36 bits per heavy atom. The molecular formula is C76H65N5O2. The zero-order valence-electron chi connectivity index (χ0n) is 48.0. The molecule has 0 unspecified atom stereocenters. The van der Waals surface area contributed by atoms with Crippen LogP contribution in [0, 0.1) is 48.5 Å². The van der Waals surface area contributed by atoms with E-state index < -0.39 is 0 Å². The largest absolute Gasteiger partial charge is 0.456 e. The van der Waals surface area contributed by atoms with Crippen LogP contribution in [-0.4, -0.2) is 24.9 Å². The Hall–Kier alpha value is -10.4. The third-order valence-electron chi connectivity index (χ3n) is 14.1. The van der Waals surface area contributed by atoms with Crippen molar-refractivity contribution in [2.75, 3.05) is 0 Å². The SMILES string of the molecule is Cc1ccc2c(c1)oc1ccccc12.Cc1ccc2cccnc2c1.Cc1ccc2cccnc2c1.Cc1ccc2ncccc2c1.Cc1cccc2c1oc1ccccc12.Cc1cccc2cccnc12.Cc1cccc2ncccc12. The van der Waals surface area contributed by atoms with E-state index in [2.05, 4.69) is 225 Å². The summed E-state index contributed by atoms with van der Waals surface area (Å²) in [7, 11) is 0. The molecule has 0 radical (unpaired) electrons. The van der Waals surface area contributed by atoms with E-state index in [0.29, 0.717) is 0 Å². The standard InChI is InChI=1S/2C13H10O.5C10H9N/c1-9-5-4-7-11-10-6-2-3-8-12(10)14-13(9)11;1-9-6-7-11-10-4-2-3-5-12(10)14-13(11)8-9;1-8-4-2-6-10-9(8)5-3-7-11-10;1-8-4-2-5-9-6-3-7-11-10(8)9;1-8-4-5-10-9(7-8)3-2-6-11-10;2*1-8-4-5-9-3-2-6-11-10(9)7-8/h2*2-8H,1H3;5*2-7H,1H3. The summed E-state index contributed by atoms with van der Waals surface area (Å²) in [6.45, 7) is 14.6. The molecule has 0 atom stereocenters. The number of fused-ring (bicyclic) bond motifs is 11. The highest BCUT2D eigenvalue weighted by molar-refractivity contribution is 6.06. The minimum atomic E-state index is 0.966. The molecule has 9 aromatic carbocycles. The highest BCUT2D eigenvalue weighted by Gasteiger charge is 2.07. The van der Waals surface area contributed by atoms with Crippen LogP contribution in [0.5, 0.6) is 0 Å². The fourth-order valence-electron chi connectivity index (χ4n) is 9.78. The Labute approximate surface area is 484 Å². The van der Waals surface area contributed by atoms with E-state index in [0.717, 1.165) is 49.9 Å². The maximum Gasteiger partial charge on any atom is 0.138 e. The van der Waals surface area contributed by atoms with E-state index in [1.54, 1.807) is 0 Å². The van der Waals surface area contributed by atoms with Crippen molar-refractivity contribution >= 4 is 98.4 Å². The first kappa shape index (κ1) is 55.9. The van der Waals surface area contributed by atoms with Gasteiger partial charge in [-0.05, 0) is 161 Å². The second kappa shape index (κ2) is 26.7. The van der Waals surface area contributed by atoms with Crippen LogP contribution in [0.2, 0.25) is 0 Å². The van der Waals surface area contributed by atoms with Crippen molar-refractivity contribution in [2.24, 2.45) is 0 Å². The van der Waals surface area contributed by atoms with Crippen molar-refractivity contribution in [2.45, 2.75) is 48.5 Å². The Morgan fingerprint density at radius 1 is 0.241 bits per heavy atom. The van der Waals surface area contributed by atoms with Gasteiger partial charge in [0, 0.05) is 79.5 Å². The van der Waals surface area contributed by atoms with Crippen LogP contribution in [0.3, 0.4) is 0 Å². The highest BCUT2D eigenvalue weighted by atomic mass is 16.3. The first-order valence-corrected chi connectivity index (χ1v) is 27.8. The van der Waals surface area contributed by atoms with E-state index in [9.17, 15) is 0 Å². The molecule has 0 amide bonds. The van der Waals surface area contributed by atoms with Gasteiger partial charge in [0.2, 0.25) is 0 Å². The van der Waals surface area contributed by atoms with Crippen LogP contribution in [0.25, 0.3) is 98.4 Å². The van der Waals surface area contributed by atoms with E-state index >= 15 is 0 Å². The summed E-state index contributed by atoms with van der Waals surface area (Å²) in [5.74, 6) is 0. The number of aryl methyl sites for hydroxylation is 7. The summed E-state index contributed by atoms with van der Waals surface area (Å²) >= 11 is 0. The van der Waals surface area contributed by atoms with Gasteiger partial charge >= 0.3 is 0 Å². The van der Waals surface area contributed by atoms with Gasteiger partial charge in [0.15, 0.2) is 0 Å². The van der Waals surface area contributed by atoms with Crippen molar-refractivity contribution in [3.63, 3.8) is 0 Å². The molecule has 0 aliphatic carbocycles. The molecule has 406 valence electrons. The lowest BCUT2D eigenvalue weighted by Crippen LogP contribution is -1.80. The van der Waals surface area contributed by atoms with Gasteiger partial charge in [-0.15, -0.1) is 0 Å². The molecule has 7 aromatic heterocycles. The number of hydrogen-bond acceptors (Lipinski definition) is 7. The topological polar surface area (TPSA) is 90.7 Å². The smallest absolute Gasteiger partial charge is 0.138 e. The van der Waals surface area contributed by atoms with E-state index in [-0.39, 0.29) is 0 Å². The molecule has 7 heterocycles. The minimum Gasteiger partial charge on any atom is -0.456 e. The Morgan fingerprint density at radius 2 is 0.687 bits per heavy atom. The van der Waals surface area contributed by atoms with E-state index in [1.807, 2.05) is 116 Å². The molecule has 0 aliphatic rings. The number of para-hydroxylation sites is 4. The minimum absolute atomic E-state index is 0.966. The van der Waals surface area contributed by atoms with Crippen molar-refractivity contribution < 1.29 is 8.83 Å². The van der Waals surface area contributed by atoms with Gasteiger partial charge in [-0.3, -0.25) is 24.9 Å². The lowest BCUT2D eigenvalue weighted by atomic mass is 10.1. The fourth-order valence-corrected chi connectivity index (χ4v) is 9.78. The first-order valence-electron chi connectivity index (χ1n) is 27.8. The lowest BCUT2D eigenvalue weighted by Gasteiger charge is -1.97. The van der Waals surface area contributed by atoms with Gasteiger partial charge in [-0.25, -0.2) is 0 Å². The lowest BCUT2D eigenvalue weighted by molar-refractivity contribution is 0.666. The third-order valence-corrected chi connectivity index (χ3v) is 14.1. The molecule has 16 aromatic rings. The molecule has 0 aliphatic heterocycles. The summed E-state index contributed by atoms with van der Waals surface area (Å²) in [6.07, 6.45) is 9.11. The first-order chi connectivity index (χ1) is 40.5. The molecular weight excluding hydrogens is 1010 g/mol. The second-order valence-corrected chi connectivity index (χ2v) is 20.5. The quantitative estimate of drug-likeness (QED) is 0.149. The van der Waals surface area contributed by atoms with Crippen molar-refractivity contribution in [3.05, 3.63) is 307 Å². The number of furan rings is 2. The number of nitrogens with zero attached hydrogens (tertiary/aromatic N) is 5. The number of hydrogen-bond donors (Lipinski definition) is 0. The van der Waals surface area contributed by atoms with Gasteiger partial charge in [-0.1, -0.05) is 163 Å². The molecule has 83 heavy (non-hydrogen) atoms. The number of pyridine rings is 5. The Bertz CT molecular complexity index is 4520. The summed E-state index contributed by atoms with van der Waals surface area (Å²) < 4.78 is 11.5. The Kier molecular flexibility index (Phi) is 18.0. The maximum atomic E-state index is 5.78. The van der Waals surface area contributed by atoms with Gasteiger partial charge in [0.25, 0.3) is 0 Å². The molecule has 0 bridgehead atoms. The molecule has 0 N–H and O–H groups in total. The summed E-state index contributed by atoms with van der Waals surface area (Å²) in [4.78, 5) is 21.2. The summed E-state index contributed by atoms with van der Waals surface area (Å²) in [5, 5.41) is 10.9. The zero-order valence-corrected chi connectivity index (χ0v) is 48.0. The molecule has 7 nitrogen and oxygen atoms in total. The summed E-state index contributed by atoms with van der Waals surface area (Å²) in [5.41, 5.74) is 18.1. The molecule has 0 spiro atoms. The van der Waals surface area contributed by atoms with Gasteiger partial charge < -0.3 is 8.83 Å². The number of benzene rings is 9. The number of aromatic nitrogens is 5.